The van der Waals surface area contributed by atoms with Crippen molar-refractivity contribution in [1.29, 1.82) is 0 Å². The summed E-state index contributed by atoms with van der Waals surface area (Å²) >= 11 is 3.18. The number of piperidine rings is 1. The second-order valence-corrected chi connectivity index (χ2v) is 11.1. The Bertz CT molecular complexity index is 853. The number of benzene rings is 1. The Hall–Kier alpha value is -1.51. The van der Waals surface area contributed by atoms with Crippen LogP contribution in [0.5, 0.6) is 0 Å². The number of hydrogen-bond donors (Lipinski definition) is 2. The van der Waals surface area contributed by atoms with E-state index in [-0.39, 0.29) is 11.4 Å². The van der Waals surface area contributed by atoms with Gasteiger partial charge in [-0.05, 0) is 70.4 Å². The molecular weight excluding hydrogens is 414 g/mol. The molecule has 0 saturated carbocycles. The zero-order valence-electron chi connectivity index (χ0n) is 18.9. The molecule has 1 aromatic carbocycles. The van der Waals surface area contributed by atoms with Gasteiger partial charge in [-0.3, -0.25) is 4.72 Å². The molecule has 2 N–H and O–H groups in total. The highest BCUT2D eigenvalue weighted by Crippen LogP contribution is 2.38. The number of urea groups is 1. The topological polar surface area (TPSA) is 60.5 Å². The lowest BCUT2D eigenvalue weighted by molar-refractivity contribution is 0.257. The van der Waals surface area contributed by atoms with Gasteiger partial charge in [0.1, 0.15) is 0 Å². The van der Waals surface area contributed by atoms with Gasteiger partial charge in [0.25, 0.3) is 0 Å². The van der Waals surface area contributed by atoms with Gasteiger partial charge in [-0.1, -0.05) is 20.8 Å². The van der Waals surface area contributed by atoms with Crippen LogP contribution >= 0.6 is 23.3 Å². The average Bonchev–Trinajstić information content (AvgIpc) is 3.11. The van der Waals surface area contributed by atoms with Crippen molar-refractivity contribution in [1.82, 2.24) is 14.6 Å². The van der Waals surface area contributed by atoms with E-state index >= 15 is 0 Å². The average molecular weight is 450 g/mol. The van der Waals surface area contributed by atoms with Crippen molar-refractivity contribution in [3.05, 3.63) is 17.1 Å². The minimum Gasteiger partial charge on any atom is -0.370 e. The Kier molecular flexibility index (Phi) is 7.87. The number of carbonyl (C=O) groups excluding carboxylic acids is 1. The number of anilines is 2. The highest BCUT2D eigenvalue weighted by Gasteiger charge is 2.22. The summed E-state index contributed by atoms with van der Waals surface area (Å²) in [5.74, 6) is 0.896. The first-order valence-corrected chi connectivity index (χ1v) is 12.6. The second-order valence-electron chi connectivity index (χ2n) is 9.22. The van der Waals surface area contributed by atoms with Crippen LogP contribution in [0.4, 0.5) is 16.2 Å². The molecule has 2 amide bonds. The molecule has 0 radical (unpaired) electrons. The van der Waals surface area contributed by atoms with Gasteiger partial charge >= 0.3 is 6.03 Å². The van der Waals surface area contributed by atoms with Gasteiger partial charge in [-0.15, -0.1) is 11.3 Å². The summed E-state index contributed by atoms with van der Waals surface area (Å²) in [6.07, 6.45) is 4.70. The first-order valence-electron chi connectivity index (χ1n) is 10.8. The highest BCUT2D eigenvalue weighted by molar-refractivity contribution is 7.97. The second kappa shape index (κ2) is 10.2. The summed E-state index contributed by atoms with van der Waals surface area (Å²) in [4.78, 5) is 22.0. The normalized spacial score (nSPS) is 15.1. The Morgan fingerprint density at radius 3 is 2.63 bits per heavy atom. The lowest BCUT2D eigenvalue weighted by Crippen LogP contribution is -2.31. The maximum absolute atomic E-state index is 12.6. The van der Waals surface area contributed by atoms with E-state index in [0.29, 0.717) is 0 Å². The minimum atomic E-state index is -0.164. The Balaban J connectivity index is 1.77. The van der Waals surface area contributed by atoms with E-state index in [0.717, 1.165) is 58.4 Å². The van der Waals surface area contributed by atoms with Crippen LogP contribution in [0, 0.1) is 0 Å². The van der Waals surface area contributed by atoms with Crippen molar-refractivity contribution in [2.75, 3.05) is 49.7 Å². The van der Waals surface area contributed by atoms with E-state index in [1.165, 1.54) is 31.2 Å². The zero-order chi connectivity index (χ0) is 21.7. The van der Waals surface area contributed by atoms with Crippen LogP contribution in [-0.4, -0.2) is 55.4 Å². The molecule has 0 spiro atoms. The van der Waals surface area contributed by atoms with Crippen LogP contribution in [0.3, 0.4) is 0 Å². The van der Waals surface area contributed by atoms with Gasteiger partial charge in [-0.2, -0.15) is 0 Å². The fourth-order valence-corrected chi connectivity index (χ4v) is 5.10. The summed E-state index contributed by atoms with van der Waals surface area (Å²) in [5.41, 5.74) is 3.00. The van der Waals surface area contributed by atoms with Gasteiger partial charge in [-0.25, -0.2) is 9.78 Å². The fraction of sp³-hybridized carbons (Fsp3) is 0.636. The number of hydrogen-bond acceptors (Lipinski definition) is 6. The molecule has 0 atom stereocenters. The molecule has 0 unspecified atom stereocenters. The molecule has 8 heteroatoms. The molecule has 1 aromatic heterocycles. The molecule has 6 nitrogen and oxygen atoms in total. The van der Waals surface area contributed by atoms with Crippen molar-refractivity contribution < 1.29 is 4.79 Å². The van der Waals surface area contributed by atoms with E-state index in [1.54, 1.807) is 11.3 Å². The highest BCUT2D eigenvalue weighted by atomic mass is 32.2. The van der Waals surface area contributed by atoms with Crippen LogP contribution in [0.25, 0.3) is 10.2 Å². The third-order valence-electron chi connectivity index (χ3n) is 5.11. The van der Waals surface area contributed by atoms with Gasteiger partial charge in [0.2, 0.25) is 0 Å². The van der Waals surface area contributed by atoms with E-state index in [4.69, 9.17) is 4.98 Å². The summed E-state index contributed by atoms with van der Waals surface area (Å²) < 4.78 is 4.05. The predicted octanol–water partition coefficient (Wildman–Crippen LogP) is 5.31. The SMILES string of the molecule is CN(C)CCCSNC(=O)Nc1cc2sc(C(C)(C)C)nc2cc1N1CCCCC1. The van der Waals surface area contributed by atoms with E-state index in [2.05, 4.69) is 66.8 Å². The Morgan fingerprint density at radius 2 is 1.97 bits per heavy atom. The lowest BCUT2D eigenvalue weighted by atomic mass is 9.98. The summed E-state index contributed by atoms with van der Waals surface area (Å²) in [7, 11) is 4.13. The zero-order valence-corrected chi connectivity index (χ0v) is 20.5. The number of amides is 2. The monoisotopic (exact) mass is 449 g/mol. The van der Waals surface area contributed by atoms with Gasteiger partial charge in [0.05, 0.1) is 26.6 Å². The molecule has 2 heterocycles. The standard InChI is InChI=1S/C22H35N5OS2/c1-22(2,3)20-23-17-14-18(27-11-7-6-8-12-27)16(15-19(17)30-20)24-21(28)25-29-13-9-10-26(4)5/h14-15H,6-13H2,1-5H3,(H2,24,25,28). The van der Waals surface area contributed by atoms with Crippen molar-refractivity contribution >= 4 is 50.9 Å². The molecule has 1 fully saturated rings. The molecule has 1 aliphatic rings. The van der Waals surface area contributed by atoms with E-state index in [1.807, 2.05) is 0 Å². The maximum atomic E-state index is 12.6. The minimum absolute atomic E-state index is 0.0170. The van der Waals surface area contributed by atoms with Crippen molar-refractivity contribution in [2.24, 2.45) is 0 Å². The number of nitrogens with one attached hydrogen (secondary N) is 2. The molecule has 30 heavy (non-hydrogen) atoms. The number of thiazole rings is 1. The largest absolute Gasteiger partial charge is 0.370 e. The number of rotatable bonds is 7. The van der Waals surface area contributed by atoms with Gasteiger partial charge in [0, 0.05) is 24.3 Å². The number of nitrogens with zero attached hydrogens (tertiary/aromatic N) is 3. The molecule has 0 bridgehead atoms. The summed E-state index contributed by atoms with van der Waals surface area (Å²) in [6.45, 7) is 9.64. The summed E-state index contributed by atoms with van der Waals surface area (Å²) in [5, 5.41) is 4.23. The van der Waals surface area contributed by atoms with Gasteiger partial charge < -0.3 is 15.1 Å². The molecule has 1 aliphatic heterocycles. The molecule has 1 saturated heterocycles. The first kappa shape index (κ1) is 23.2. The number of carbonyl (C=O) groups is 1. The van der Waals surface area contributed by atoms with Crippen LogP contribution < -0.4 is 14.9 Å². The van der Waals surface area contributed by atoms with Crippen molar-refractivity contribution in [3.63, 3.8) is 0 Å². The smallest absolute Gasteiger partial charge is 0.329 e. The Labute approximate surface area is 188 Å². The molecule has 2 aromatic rings. The van der Waals surface area contributed by atoms with E-state index < -0.39 is 0 Å². The Morgan fingerprint density at radius 1 is 1.23 bits per heavy atom. The first-order chi connectivity index (χ1) is 14.2. The van der Waals surface area contributed by atoms with Crippen LogP contribution in [-0.2, 0) is 5.41 Å². The fourth-order valence-electron chi connectivity index (χ4n) is 3.50. The molecule has 166 valence electrons. The third kappa shape index (κ3) is 6.25. The molecule has 3 rings (SSSR count). The van der Waals surface area contributed by atoms with Gasteiger partial charge in [0.15, 0.2) is 0 Å². The molecule has 0 aliphatic carbocycles. The van der Waals surface area contributed by atoms with Crippen molar-refractivity contribution in [3.8, 4) is 0 Å². The molecular formula is C22H35N5OS2. The number of fused-ring (bicyclic) bond motifs is 1. The van der Waals surface area contributed by atoms with Crippen LogP contribution in [0.1, 0.15) is 51.5 Å². The number of aromatic nitrogens is 1. The third-order valence-corrected chi connectivity index (χ3v) is 7.38. The lowest BCUT2D eigenvalue weighted by Gasteiger charge is -2.30. The van der Waals surface area contributed by atoms with Crippen molar-refractivity contribution in [2.45, 2.75) is 51.9 Å². The van der Waals surface area contributed by atoms with Crippen LogP contribution in [0.2, 0.25) is 0 Å². The van der Waals surface area contributed by atoms with Crippen LogP contribution in [0.15, 0.2) is 12.1 Å². The predicted molar refractivity (Wildman–Crippen MR) is 132 cm³/mol. The van der Waals surface area contributed by atoms with E-state index in [9.17, 15) is 4.79 Å². The quantitative estimate of drug-likeness (QED) is 0.443. The maximum Gasteiger partial charge on any atom is 0.329 e. The summed E-state index contributed by atoms with van der Waals surface area (Å²) in [6, 6.07) is 4.09.